The van der Waals surface area contributed by atoms with Crippen LogP contribution in [0, 0.1) is 12.7 Å². The Balaban J connectivity index is 1.77. The molecule has 0 radical (unpaired) electrons. The normalized spacial score (nSPS) is 13.5. The minimum atomic E-state index is -0.244. The molecule has 5 heteroatoms. The van der Waals surface area contributed by atoms with Gasteiger partial charge in [-0.25, -0.2) is 4.39 Å². The maximum atomic E-state index is 14.1. The van der Waals surface area contributed by atoms with E-state index in [0.29, 0.717) is 6.54 Å². The predicted molar refractivity (Wildman–Crippen MR) is 107 cm³/mol. The van der Waals surface area contributed by atoms with Crippen molar-refractivity contribution >= 4 is 28.2 Å². The second kappa shape index (κ2) is 6.99. The molecule has 2 heterocycles. The Kier molecular flexibility index (Phi) is 4.52. The molecule has 0 saturated heterocycles. The second-order valence-corrected chi connectivity index (χ2v) is 7.10. The van der Waals surface area contributed by atoms with Gasteiger partial charge in [-0.15, -0.1) is 0 Å². The molecule has 1 aliphatic rings. The molecule has 0 aliphatic carbocycles. The summed E-state index contributed by atoms with van der Waals surface area (Å²) in [6.45, 7) is 5.08. The van der Waals surface area contributed by atoms with Crippen molar-refractivity contribution in [2.75, 3.05) is 16.8 Å². The quantitative estimate of drug-likeness (QED) is 0.740. The Morgan fingerprint density at radius 3 is 2.96 bits per heavy atom. The van der Waals surface area contributed by atoms with Gasteiger partial charge < -0.3 is 10.2 Å². The van der Waals surface area contributed by atoms with Gasteiger partial charge in [0.2, 0.25) is 5.91 Å². The largest absolute Gasteiger partial charge is 0.367 e. The zero-order chi connectivity index (χ0) is 19.0. The number of pyridine rings is 1. The van der Waals surface area contributed by atoms with E-state index in [-0.39, 0.29) is 11.7 Å². The van der Waals surface area contributed by atoms with E-state index in [4.69, 9.17) is 0 Å². The highest BCUT2D eigenvalue weighted by Crippen LogP contribution is 2.37. The first-order valence-corrected chi connectivity index (χ1v) is 9.21. The molecule has 0 saturated carbocycles. The van der Waals surface area contributed by atoms with Crippen LogP contribution in [-0.4, -0.2) is 17.4 Å². The van der Waals surface area contributed by atoms with Gasteiger partial charge in [-0.05, 0) is 55.2 Å². The summed E-state index contributed by atoms with van der Waals surface area (Å²) in [4.78, 5) is 18.3. The zero-order valence-electron chi connectivity index (χ0n) is 15.6. The van der Waals surface area contributed by atoms with Crippen LogP contribution in [0.2, 0.25) is 0 Å². The van der Waals surface area contributed by atoms with E-state index >= 15 is 0 Å². The first-order valence-electron chi connectivity index (χ1n) is 9.21. The Bertz CT molecular complexity index is 1030. The number of carbonyl (C=O) groups is 1. The van der Waals surface area contributed by atoms with E-state index in [2.05, 4.69) is 22.1 Å². The third kappa shape index (κ3) is 3.37. The fourth-order valence-corrected chi connectivity index (χ4v) is 4.02. The van der Waals surface area contributed by atoms with Crippen molar-refractivity contribution in [2.45, 2.75) is 33.2 Å². The highest BCUT2D eigenvalue weighted by atomic mass is 19.1. The SMILES string of the molecule is CC(=O)Nc1ccc(C)c2c1CCCN2Cc1cc(F)cc2cccnc12. The standard InChI is InChI=1S/C22H22FN3O/c1-14-7-8-20(25-15(2)27)19-6-4-10-26(22(14)19)13-17-12-18(23)11-16-5-3-9-24-21(16)17/h3,5,7-9,11-12H,4,6,10,13H2,1-2H3,(H,25,27). The molecule has 4 rings (SSSR count). The van der Waals surface area contributed by atoms with Crippen molar-refractivity contribution in [3.8, 4) is 0 Å². The first kappa shape index (κ1) is 17.5. The Labute approximate surface area is 158 Å². The van der Waals surface area contributed by atoms with Crippen LogP contribution in [0.5, 0.6) is 0 Å². The van der Waals surface area contributed by atoms with Crippen molar-refractivity contribution in [3.05, 3.63) is 65.1 Å². The van der Waals surface area contributed by atoms with Crippen LogP contribution >= 0.6 is 0 Å². The van der Waals surface area contributed by atoms with Crippen molar-refractivity contribution < 1.29 is 9.18 Å². The summed E-state index contributed by atoms with van der Waals surface area (Å²) in [6, 6.07) is 10.8. The molecular weight excluding hydrogens is 341 g/mol. The number of hydrogen-bond acceptors (Lipinski definition) is 3. The highest BCUT2D eigenvalue weighted by molar-refractivity contribution is 5.91. The van der Waals surface area contributed by atoms with E-state index in [1.165, 1.54) is 13.0 Å². The maximum Gasteiger partial charge on any atom is 0.221 e. The van der Waals surface area contributed by atoms with Crippen LogP contribution in [0.4, 0.5) is 15.8 Å². The summed E-state index contributed by atoms with van der Waals surface area (Å²) >= 11 is 0. The number of aromatic nitrogens is 1. The summed E-state index contributed by atoms with van der Waals surface area (Å²) in [5.41, 5.74) is 6.04. The lowest BCUT2D eigenvalue weighted by atomic mass is 9.95. The van der Waals surface area contributed by atoms with Gasteiger partial charge in [0.25, 0.3) is 0 Å². The Morgan fingerprint density at radius 2 is 2.15 bits per heavy atom. The molecular formula is C22H22FN3O. The van der Waals surface area contributed by atoms with Crippen LogP contribution < -0.4 is 10.2 Å². The fraction of sp³-hybridized carbons (Fsp3) is 0.273. The van der Waals surface area contributed by atoms with Crippen molar-refractivity contribution in [1.82, 2.24) is 4.98 Å². The van der Waals surface area contributed by atoms with Gasteiger partial charge in [-0.3, -0.25) is 9.78 Å². The van der Waals surface area contributed by atoms with Crippen LogP contribution in [0.3, 0.4) is 0 Å². The van der Waals surface area contributed by atoms with Gasteiger partial charge in [-0.2, -0.15) is 0 Å². The van der Waals surface area contributed by atoms with E-state index < -0.39 is 0 Å². The number of carbonyl (C=O) groups excluding carboxylic acids is 1. The van der Waals surface area contributed by atoms with Crippen LogP contribution in [0.1, 0.15) is 30.0 Å². The molecule has 4 nitrogen and oxygen atoms in total. The Hall–Kier alpha value is -2.95. The molecule has 0 bridgehead atoms. The molecule has 1 aliphatic heterocycles. The third-order valence-electron chi connectivity index (χ3n) is 5.08. The average Bonchev–Trinajstić information content (AvgIpc) is 2.64. The number of nitrogens with zero attached hydrogens (tertiary/aromatic N) is 2. The van der Waals surface area contributed by atoms with Crippen molar-refractivity contribution in [1.29, 1.82) is 0 Å². The molecule has 1 aromatic heterocycles. The number of amides is 1. The molecule has 27 heavy (non-hydrogen) atoms. The number of aryl methyl sites for hydroxylation is 1. The lowest BCUT2D eigenvalue weighted by molar-refractivity contribution is -0.114. The predicted octanol–water partition coefficient (Wildman–Crippen LogP) is 4.59. The number of benzene rings is 2. The first-order chi connectivity index (χ1) is 13.0. The Morgan fingerprint density at radius 1 is 1.30 bits per heavy atom. The monoisotopic (exact) mass is 363 g/mol. The topological polar surface area (TPSA) is 45.2 Å². The van der Waals surface area contributed by atoms with E-state index in [1.807, 2.05) is 24.3 Å². The molecule has 0 unspecified atom stereocenters. The molecule has 138 valence electrons. The number of fused-ring (bicyclic) bond motifs is 2. The fourth-order valence-electron chi connectivity index (χ4n) is 4.02. The number of hydrogen-bond donors (Lipinski definition) is 1. The number of anilines is 2. The third-order valence-corrected chi connectivity index (χ3v) is 5.08. The molecule has 0 atom stereocenters. The van der Waals surface area contributed by atoms with Gasteiger partial charge in [0.05, 0.1) is 5.52 Å². The molecule has 3 aromatic rings. The summed E-state index contributed by atoms with van der Waals surface area (Å²) < 4.78 is 14.1. The van der Waals surface area contributed by atoms with Gasteiger partial charge in [-0.1, -0.05) is 12.1 Å². The highest BCUT2D eigenvalue weighted by Gasteiger charge is 2.23. The lowest BCUT2D eigenvalue weighted by Gasteiger charge is -2.34. The summed E-state index contributed by atoms with van der Waals surface area (Å²) in [5.74, 6) is -0.315. The minimum absolute atomic E-state index is 0.0708. The second-order valence-electron chi connectivity index (χ2n) is 7.10. The van der Waals surface area contributed by atoms with E-state index in [9.17, 15) is 9.18 Å². The van der Waals surface area contributed by atoms with E-state index in [0.717, 1.165) is 58.4 Å². The molecule has 2 aromatic carbocycles. The van der Waals surface area contributed by atoms with Crippen molar-refractivity contribution in [2.24, 2.45) is 0 Å². The maximum absolute atomic E-state index is 14.1. The zero-order valence-corrected chi connectivity index (χ0v) is 15.6. The minimum Gasteiger partial charge on any atom is -0.367 e. The number of nitrogens with one attached hydrogen (secondary N) is 1. The van der Waals surface area contributed by atoms with E-state index in [1.54, 1.807) is 12.3 Å². The summed E-state index contributed by atoms with van der Waals surface area (Å²) in [5, 5.41) is 3.76. The van der Waals surface area contributed by atoms with Crippen molar-refractivity contribution in [3.63, 3.8) is 0 Å². The van der Waals surface area contributed by atoms with Gasteiger partial charge >= 0.3 is 0 Å². The average molecular weight is 363 g/mol. The molecule has 0 fully saturated rings. The summed E-state index contributed by atoms with van der Waals surface area (Å²) in [7, 11) is 0. The number of halogens is 1. The number of rotatable bonds is 3. The van der Waals surface area contributed by atoms with Crippen LogP contribution in [0.25, 0.3) is 10.9 Å². The van der Waals surface area contributed by atoms with Crippen LogP contribution in [-0.2, 0) is 17.8 Å². The smallest absolute Gasteiger partial charge is 0.221 e. The lowest BCUT2D eigenvalue weighted by Crippen LogP contribution is -2.30. The molecule has 0 spiro atoms. The molecule has 1 N–H and O–H groups in total. The van der Waals surface area contributed by atoms with Gasteiger partial charge in [0, 0.05) is 48.5 Å². The molecule has 1 amide bonds. The van der Waals surface area contributed by atoms with Gasteiger partial charge in [0.15, 0.2) is 0 Å². The summed E-state index contributed by atoms with van der Waals surface area (Å²) in [6.07, 6.45) is 3.66. The van der Waals surface area contributed by atoms with Gasteiger partial charge in [0.1, 0.15) is 5.82 Å². The van der Waals surface area contributed by atoms with Crippen LogP contribution in [0.15, 0.2) is 42.6 Å².